The molecule has 5 heteroatoms. The topological polar surface area (TPSA) is 79.5 Å². The third kappa shape index (κ3) is 3.18. The van der Waals surface area contributed by atoms with Crippen LogP contribution >= 0.6 is 0 Å². The third-order valence-corrected chi connectivity index (χ3v) is 5.45. The second-order valence-electron chi connectivity index (χ2n) is 6.91. The zero-order chi connectivity index (χ0) is 17.1. The van der Waals surface area contributed by atoms with Gasteiger partial charge in [-0.2, -0.15) is 0 Å². The Morgan fingerprint density at radius 1 is 1.33 bits per heavy atom. The quantitative estimate of drug-likeness (QED) is 0.640. The van der Waals surface area contributed by atoms with Crippen molar-refractivity contribution in [2.75, 3.05) is 18.5 Å². The van der Waals surface area contributed by atoms with Gasteiger partial charge in [0.05, 0.1) is 12.3 Å². The monoisotopic (exact) mass is 331 g/mol. The van der Waals surface area contributed by atoms with Gasteiger partial charge in [0.15, 0.2) is 6.29 Å². The molecule has 0 saturated heterocycles. The van der Waals surface area contributed by atoms with Gasteiger partial charge >= 0.3 is 5.63 Å². The van der Waals surface area contributed by atoms with Crippen molar-refractivity contribution in [3.05, 3.63) is 40.0 Å². The number of nitrogens with one attached hydrogen (secondary N) is 1. The molecule has 2 aliphatic carbocycles. The van der Waals surface area contributed by atoms with Crippen LogP contribution in [-0.2, 0) is 0 Å². The molecular formula is C19H25NO4. The summed E-state index contributed by atoms with van der Waals surface area (Å²) in [5.41, 5.74) is -0.150. The number of hydrogen-bond acceptors (Lipinski definition) is 5. The Kier molecular flexibility index (Phi) is 5.19. The highest BCUT2D eigenvalue weighted by Gasteiger charge is 2.38. The summed E-state index contributed by atoms with van der Waals surface area (Å²) in [5.74, 6) is 2.13. The average Bonchev–Trinajstić information content (AvgIpc) is 2.59. The molecule has 0 bridgehead atoms. The first kappa shape index (κ1) is 17.0. The Hall–Kier alpha value is -1.88. The van der Waals surface area contributed by atoms with Crippen molar-refractivity contribution >= 4 is 12.0 Å². The molecule has 1 saturated carbocycles. The van der Waals surface area contributed by atoms with Gasteiger partial charge in [0.2, 0.25) is 0 Å². The van der Waals surface area contributed by atoms with Crippen LogP contribution in [0.25, 0.3) is 0 Å². The van der Waals surface area contributed by atoms with E-state index in [4.69, 9.17) is 9.52 Å². The van der Waals surface area contributed by atoms with Gasteiger partial charge in [-0.3, -0.25) is 4.79 Å². The lowest BCUT2D eigenvalue weighted by atomic mass is 9.64. The molecule has 24 heavy (non-hydrogen) atoms. The molecular weight excluding hydrogens is 306 g/mol. The lowest BCUT2D eigenvalue weighted by Crippen LogP contribution is -2.32. The Labute approximate surface area is 141 Å². The van der Waals surface area contributed by atoms with Gasteiger partial charge in [0.25, 0.3) is 0 Å². The van der Waals surface area contributed by atoms with Crippen LogP contribution in [0.15, 0.2) is 27.4 Å². The number of carbonyl (C=O) groups is 1. The van der Waals surface area contributed by atoms with Gasteiger partial charge in [-0.25, -0.2) is 4.79 Å². The van der Waals surface area contributed by atoms with Gasteiger partial charge < -0.3 is 14.8 Å². The van der Waals surface area contributed by atoms with Crippen molar-refractivity contribution in [2.24, 2.45) is 17.8 Å². The maximum atomic E-state index is 12.2. The minimum absolute atomic E-state index is 0.00796. The molecule has 1 fully saturated rings. The maximum Gasteiger partial charge on any atom is 0.348 e. The van der Waals surface area contributed by atoms with Crippen molar-refractivity contribution in [3.8, 4) is 0 Å². The van der Waals surface area contributed by atoms with Crippen molar-refractivity contribution in [1.29, 1.82) is 0 Å². The highest BCUT2D eigenvalue weighted by atomic mass is 16.4. The van der Waals surface area contributed by atoms with Gasteiger partial charge in [0.1, 0.15) is 11.3 Å². The number of fused-ring (bicyclic) bond motifs is 1. The average molecular weight is 331 g/mol. The van der Waals surface area contributed by atoms with E-state index in [9.17, 15) is 9.59 Å². The molecule has 5 nitrogen and oxygen atoms in total. The van der Waals surface area contributed by atoms with Gasteiger partial charge in [0, 0.05) is 18.5 Å². The van der Waals surface area contributed by atoms with Crippen LogP contribution in [0.1, 0.15) is 54.6 Å². The summed E-state index contributed by atoms with van der Waals surface area (Å²) in [6.45, 7) is 2.37. The number of anilines is 1. The first-order valence-corrected chi connectivity index (χ1v) is 8.82. The van der Waals surface area contributed by atoms with E-state index >= 15 is 0 Å². The molecule has 1 heterocycles. The molecule has 0 aromatic carbocycles. The SMILES string of the molecule is C[C@H]1C=C[C@H]2CCCC[C@H]2[C@@H]1c1cc(NCCO)c(C=O)c(=O)o1. The summed E-state index contributed by atoms with van der Waals surface area (Å²) in [4.78, 5) is 23.5. The zero-order valence-electron chi connectivity index (χ0n) is 14.0. The van der Waals surface area contributed by atoms with Crippen molar-refractivity contribution in [2.45, 2.75) is 38.5 Å². The lowest BCUT2D eigenvalue weighted by molar-refractivity contribution is 0.111. The second kappa shape index (κ2) is 7.34. The predicted octanol–water partition coefficient (Wildman–Crippen LogP) is 2.95. The Morgan fingerprint density at radius 2 is 2.12 bits per heavy atom. The van der Waals surface area contributed by atoms with Crippen LogP contribution in [0.2, 0.25) is 0 Å². The fraction of sp³-hybridized carbons (Fsp3) is 0.579. The zero-order valence-corrected chi connectivity index (χ0v) is 14.0. The summed E-state index contributed by atoms with van der Waals surface area (Å²) in [7, 11) is 0. The first-order valence-electron chi connectivity index (χ1n) is 8.82. The molecule has 0 radical (unpaired) electrons. The van der Waals surface area contributed by atoms with Crippen LogP contribution in [0.3, 0.4) is 0 Å². The molecule has 0 amide bonds. The van der Waals surface area contributed by atoms with E-state index in [2.05, 4.69) is 24.4 Å². The highest BCUT2D eigenvalue weighted by molar-refractivity contribution is 5.83. The molecule has 1 aromatic heterocycles. The third-order valence-electron chi connectivity index (χ3n) is 5.45. The predicted molar refractivity (Wildman–Crippen MR) is 92.4 cm³/mol. The minimum Gasteiger partial charge on any atom is -0.427 e. The molecule has 130 valence electrons. The Morgan fingerprint density at radius 3 is 2.88 bits per heavy atom. The smallest absolute Gasteiger partial charge is 0.348 e. The van der Waals surface area contributed by atoms with Crippen LogP contribution in [0.5, 0.6) is 0 Å². The molecule has 2 aliphatic rings. The fourth-order valence-electron chi connectivity index (χ4n) is 4.30. The summed E-state index contributed by atoms with van der Waals surface area (Å²) in [5, 5.41) is 12.0. The highest BCUT2D eigenvalue weighted by Crippen LogP contribution is 2.47. The van der Waals surface area contributed by atoms with Crippen LogP contribution in [0, 0.1) is 17.8 Å². The normalized spacial score (nSPS) is 29.1. The molecule has 0 unspecified atom stereocenters. The van der Waals surface area contributed by atoms with E-state index in [0.717, 1.165) is 6.42 Å². The fourth-order valence-corrected chi connectivity index (χ4v) is 4.30. The maximum absolute atomic E-state index is 12.2. The van der Waals surface area contributed by atoms with E-state index in [1.165, 1.54) is 19.3 Å². The second-order valence-corrected chi connectivity index (χ2v) is 6.91. The molecule has 2 N–H and O–H groups in total. The molecule has 4 atom stereocenters. The summed E-state index contributed by atoms with van der Waals surface area (Å²) in [6.07, 6.45) is 9.87. The molecule has 0 aliphatic heterocycles. The number of rotatable bonds is 5. The van der Waals surface area contributed by atoms with Crippen LogP contribution in [-0.4, -0.2) is 24.5 Å². The van der Waals surface area contributed by atoms with E-state index in [1.807, 2.05) is 0 Å². The van der Waals surface area contributed by atoms with Crippen LogP contribution < -0.4 is 10.9 Å². The number of aldehydes is 1. The van der Waals surface area contributed by atoms with Gasteiger partial charge in [-0.1, -0.05) is 31.9 Å². The standard InChI is InChI=1S/C19H25NO4/c1-12-6-7-13-4-2-3-5-14(13)18(12)17-10-16(20-8-9-21)15(11-22)19(23)24-17/h6-7,10-14,18,20-21H,2-5,8-9H2,1H3/t12-,13+,14+,18+/m0/s1. The molecule has 1 aromatic rings. The number of allylic oxidation sites excluding steroid dienone is 2. The van der Waals surface area contributed by atoms with Crippen molar-refractivity contribution < 1.29 is 14.3 Å². The van der Waals surface area contributed by atoms with Crippen molar-refractivity contribution in [1.82, 2.24) is 0 Å². The summed E-state index contributed by atoms with van der Waals surface area (Å²) < 4.78 is 5.56. The lowest BCUT2D eigenvalue weighted by Gasteiger charge is -2.40. The number of hydrogen-bond donors (Lipinski definition) is 2. The van der Waals surface area contributed by atoms with E-state index < -0.39 is 5.63 Å². The van der Waals surface area contributed by atoms with Crippen LogP contribution in [0.4, 0.5) is 5.69 Å². The Bertz CT molecular complexity index is 678. The van der Waals surface area contributed by atoms with Crippen molar-refractivity contribution in [3.63, 3.8) is 0 Å². The summed E-state index contributed by atoms with van der Waals surface area (Å²) >= 11 is 0. The Balaban J connectivity index is 2.01. The van der Waals surface area contributed by atoms with Gasteiger partial charge in [-0.05, 0) is 30.6 Å². The van der Waals surface area contributed by atoms with E-state index in [1.54, 1.807) is 6.07 Å². The number of aliphatic hydroxyl groups is 1. The first-order chi connectivity index (χ1) is 11.7. The summed E-state index contributed by atoms with van der Waals surface area (Å²) in [6, 6.07) is 1.78. The van der Waals surface area contributed by atoms with E-state index in [-0.39, 0.29) is 24.6 Å². The number of carbonyl (C=O) groups excluding carboxylic acids is 1. The molecule has 3 rings (SSSR count). The van der Waals surface area contributed by atoms with E-state index in [0.29, 0.717) is 35.5 Å². The molecule has 0 spiro atoms. The minimum atomic E-state index is -0.600. The largest absolute Gasteiger partial charge is 0.427 e. The van der Waals surface area contributed by atoms with Gasteiger partial charge in [-0.15, -0.1) is 0 Å². The number of aliphatic hydroxyl groups excluding tert-OH is 1.